The third-order valence-electron chi connectivity index (χ3n) is 3.75. The molecule has 0 aliphatic carbocycles. The number of rotatable bonds is 5. The zero-order chi connectivity index (χ0) is 18.0. The number of nitrogens with one attached hydrogen (secondary N) is 2. The summed E-state index contributed by atoms with van der Waals surface area (Å²) in [4.78, 5) is 11.9. The summed E-state index contributed by atoms with van der Waals surface area (Å²) in [5, 5.41) is 9.19. The second-order valence-corrected chi connectivity index (χ2v) is 5.57. The standard InChI is InChI=1S/C16H17F3N4O2/c1-2-21-15(24)13-9-22-23(14(13)16(17,18)19)10-3-5-11(6-4-10)25-12-7-20-8-12/h3-6,9,12,20H,2,7-8H2,1H3,(H,21,24). The van der Waals surface area contributed by atoms with E-state index in [1.807, 2.05) is 0 Å². The molecule has 2 heterocycles. The van der Waals surface area contributed by atoms with Crippen LogP contribution in [0.2, 0.25) is 0 Å². The molecule has 2 N–H and O–H groups in total. The number of alkyl halides is 3. The fourth-order valence-corrected chi connectivity index (χ4v) is 2.44. The van der Waals surface area contributed by atoms with Gasteiger partial charge in [-0.15, -0.1) is 0 Å². The number of benzene rings is 1. The lowest BCUT2D eigenvalue weighted by atomic mass is 10.2. The molecular formula is C16H17F3N4O2. The average molecular weight is 354 g/mol. The van der Waals surface area contributed by atoms with Gasteiger partial charge in [-0.2, -0.15) is 18.3 Å². The number of hydrogen-bond donors (Lipinski definition) is 2. The van der Waals surface area contributed by atoms with Gasteiger partial charge in [0.15, 0.2) is 5.69 Å². The highest BCUT2D eigenvalue weighted by Crippen LogP contribution is 2.34. The normalized spacial score (nSPS) is 14.9. The third kappa shape index (κ3) is 3.60. The molecule has 0 bridgehead atoms. The number of carbonyl (C=O) groups excluding carboxylic acids is 1. The molecule has 6 nitrogen and oxygen atoms in total. The van der Waals surface area contributed by atoms with Gasteiger partial charge >= 0.3 is 6.18 Å². The molecule has 134 valence electrons. The highest BCUT2D eigenvalue weighted by Gasteiger charge is 2.40. The van der Waals surface area contributed by atoms with Crippen molar-refractivity contribution >= 4 is 5.91 Å². The highest BCUT2D eigenvalue weighted by atomic mass is 19.4. The smallest absolute Gasteiger partial charge is 0.434 e. The van der Waals surface area contributed by atoms with Crippen molar-refractivity contribution < 1.29 is 22.7 Å². The summed E-state index contributed by atoms with van der Waals surface area (Å²) in [6.07, 6.45) is -3.72. The van der Waals surface area contributed by atoms with Crippen molar-refractivity contribution in [2.75, 3.05) is 19.6 Å². The van der Waals surface area contributed by atoms with Crippen LogP contribution < -0.4 is 15.4 Å². The minimum atomic E-state index is -4.72. The molecule has 0 spiro atoms. The van der Waals surface area contributed by atoms with E-state index in [0.29, 0.717) is 5.75 Å². The maximum atomic E-state index is 13.5. The van der Waals surface area contributed by atoms with Crippen LogP contribution in [0.4, 0.5) is 13.2 Å². The number of ether oxygens (including phenoxy) is 1. The monoisotopic (exact) mass is 354 g/mol. The van der Waals surface area contributed by atoms with Gasteiger partial charge < -0.3 is 15.4 Å². The van der Waals surface area contributed by atoms with Crippen molar-refractivity contribution in [2.45, 2.75) is 19.2 Å². The molecule has 1 aliphatic rings. The second kappa shape index (κ2) is 6.75. The van der Waals surface area contributed by atoms with E-state index in [1.54, 1.807) is 19.1 Å². The van der Waals surface area contributed by atoms with Gasteiger partial charge in [-0.3, -0.25) is 4.79 Å². The van der Waals surface area contributed by atoms with Crippen molar-refractivity contribution in [1.29, 1.82) is 0 Å². The first kappa shape index (κ1) is 17.3. The maximum absolute atomic E-state index is 13.5. The largest absolute Gasteiger partial charge is 0.488 e. The average Bonchev–Trinajstić information content (AvgIpc) is 2.97. The number of amides is 1. The predicted molar refractivity (Wildman–Crippen MR) is 83.9 cm³/mol. The fraction of sp³-hybridized carbons (Fsp3) is 0.375. The molecule has 1 aromatic carbocycles. The summed E-state index contributed by atoms with van der Waals surface area (Å²) in [6.45, 7) is 3.35. The Morgan fingerprint density at radius 2 is 2.04 bits per heavy atom. The Kier molecular flexibility index (Phi) is 4.67. The number of halogens is 3. The van der Waals surface area contributed by atoms with E-state index in [4.69, 9.17) is 4.74 Å². The van der Waals surface area contributed by atoms with Crippen LogP contribution in [-0.2, 0) is 6.18 Å². The summed E-state index contributed by atoms with van der Waals surface area (Å²) in [5.74, 6) is -0.238. The Morgan fingerprint density at radius 1 is 1.36 bits per heavy atom. The van der Waals surface area contributed by atoms with Crippen LogP contribution in [-0.4, -0.2) is 41.4 Å². The molecular weight excluding hydrogens is 337 g/mol. The third-order valence-corrected chi connectivity index (χ3v) is 3.75. The molecule has 0 atom stereocenters. The van der Waals surface area contributed by atoms with Gasteiger partial charge in [-0.1, -0.05) is 0 Å². The van der Waals surface area contributed by atoms with E-state index in [9.17, 15) is 18.0 Å². The maximum Gasteiger partial charge on any atom is 0.434 e. The van der Waals surface area contributed by atoms with E-state index in [0.717, 1.165) is 24.0 Å². The summed E-state index contributed by atoms with van der Waals surface area (Å²) >= 11 is 0. The van der Waals surface area contributed by atoms with Crippen LogP contribution in [0, 0.1) is 0 Å². The van der Waals surface area contributed by atoms with Crippen LogP contribution in [0.15, 0.2) is 30.5 Å². The zero-order valence-electron chi connectivity index (χ0n) is 13.4. The van der Waals surface area contributed by atoms with Crippen molar-refractivity contribution in [3.63, 3.8) is 0 Å². The van der Waals surface area contributed by atoms with Gasteiger partial charge in [-0.05, 0) is 31.2 Å². The number of hydrogen-bond acceptors (Lipinski definition) is 4. The van der Waals surface area contributed by atoms with Crippen molar-refractivity contribution in [2.24, 2.45) is 0 Å². The summed E-state index contributed by atoms with van der Waals surface area (Å²) in [7, 11) is 0. The number of aromatic nitrogens is 2. The Labute approximate surface area is 142 Å². The van der Waals surface area contributed by atoms with Crippen LogP contribution in [0.1, 0.15) is 23.0 Å². The molecule has 0 unspecified atom stereocenters. The molecule has 9 heteroatoms. The van der Waals surface area contributed by atoms with Crippen LogP contribution >= 0.6 is 0 Å². The molecule has 0 radical (unpaired) electrons. The molecule has 2 aromatic rings. The Balaban J connectivity index is 1.92. The topological polar surface area (TPSA) is 68.2 Å². The van der Waals surface area contributed by atoms with E-state index in [2.05, 4.69) is 15.7 Å². The Hall–Kier alpha value is -2.55. The van der Waals surface area contributed by atoms with Crippen LogP contribution in [0.5, 0.6) is 5.75 Å². The summed E-state index contributed by atoms with van der Waals surface area (Å²) < 4.78 is 46.7. The Morgan fingerprint density at radius 3 is 2.56 bits per heavy atom. The van der Waals surface area contributed by atoms with E-state index < -0.39 is 23.3 Å². The lowest BCUT2D eigenvalue weighted by Crippen LogP contribution is -2.50. The van der Waals surface area contributed by atoms with Gasteiger partial charge in [0.05, 0.1) is 17.4 Å². The first-order valence-corrected chi connectivity index (χ1v) is 7.81. The minimum Gasteiger partial charge on any atom is -0.488 e. The van der Waals surface area contributed by atoms with Gasteiger partial charge in [0.2, 0.25) is 0 Å². The van der Waals surface area contributed by atoms with E-state index in [1.165, 1.54) is 12.1 Å². The molecule has 25 heavy (non-hydrogen) atoms. The SMILES string of the molecule is CCNC(=O)c1cnn(-c2ccc(OC3CNC3)cc2)c1C(F)(F)F. The predicted octanol–water partition coefficient (Wildman–Crippen LogP) is 1.99. The first-order valence-electron chi connectivity index (χ1n) is 7.81. The molecule has 3 rings (SSSR count). The van der Waals surface area contributed by atoms with Gasteiger partial charge in [-0.25, -0.2) is 4.68 Å². The molecule has 0 saturated carbocycles. The Bertz CT molecular complexity index is 752. The molecule has 1 saturated heterocycles. The molecule has 1 aromatic heterocycles. The number of nitrogens with zero attached hydrogens (tertiary/aromatic N) is 2. The van der Waals surface area contributed by atoms with E-state index >= 15 is 0 Å². The van der Waals surface area contributed by atoms with Gasteiger partial charge in [0.1, 0.15) is 11.9 Å². The molecule has 1 amide bonds. The van der Waals surface area contributed by atoms with Crippen molar-refractivity contribution in [3.8, 4) is 11.4 Å². The number of carbonyl (C=O) groups is 1. The quantitative estimate of drug-likeness (QED) is 0.862. The summed E-state index contributed by atoms with van der Waals surface area (Å²) in [5.41, 5.74) is -1.41. The highest BCUT2D eigenvalue weighted by molar-refractivity contribution is 5.95. The van der Waals surface area contributed by atoms with Gasteiger partial charge in [0.25, 0.3) is 5.91 Å². The first-order chi connectivity index (χ1) is 11.9. The molecule has 1 fully saturated rings. The molecule has 1 aliphatic heterocycles. The fourth-order valence-electron chi connectivity index (χ4n) is 2.44. The van der Waals surface area contributed by atoms with Gasteiger partial charge in [0, 0.05) is 19.6 Å². The zero-order valence-corrected chi connectivity index (χ0v) is 13.4. The summed E-state index contributed by atoms with van der Waals surface area (Å²) in [6, 6.07) is 6.12. The van der Waals surface area contributed by atoms with Crippen LogP contribution in [0.3, 0.4) is 0 Å². The van der Waals surface area contributed by atoms with Crippen molar-refractivity contribution in [3.05, 3.63) is 41.7 Å². The lowest BCUT2D eigenvalue weighted by Gasteiger charge is -2.27. The van der Waals surface area contributed by atoms with Crippen LogP contribution in [0.25, 0.3) is 5.69 Å². The minimum absolute atomic E-state index is 0.0747. The van der Waals surface area contributed by atoms with E-state index in [-0.39, 0.29) is 18.3 Å². The lowest BCUT2D eigenvalue weighted by molar-refractivity contribution is -0.143. The van der Waals surface area contributed by atoms with Crippen molar-refractivity contribution in [1.82, 2.24) is 20.4 Å². The second-order valence-electron chi connectivity index (χ2n) is 5.57.